The smallest absolute Gasteiger partial charge is 0.139 e. The second kappa shape index (κ2) is 5.65. The van der Waals surface area contributed by atoms with Crippen LogP contribution in [-0.4, -0.2) is 10.1 Å². The minimum absolute atomic E-state index is 0.0236. The highest BCUT2D eigenvalue weighted by Crippen LogP contribution is 2.31. The van der Waals surface area contributed by atoms with Crippen molar-refractivity contribution in [2.24, 2.45) is 0 Å². The van der Waals surface area contributed by atoms with Gasteiger partial charge in [0.15, 0.2) is 0 Å². The molecule has 2 N–H and O–H groups in total. The fraction of sp³-hybridized carbons (Fsp3) is 0.0833. The molecule has 0 saturated heterocycles. The first-order chi connectivity index (χ1) is 8.56. The number of nitrogens with zero attached hydrogens (tertiary/aromatic N) is 1. The summed E-state index contributed by atoms with van der Waals surface area (Å²) in [5, 5.41) is 14.0. The van der Waals surface area contributed by atoms with Crippen molar-refractivity contribution in [2.45, 2.75) is 6.54 Å². The Morgan fingerprint density at radius 2 is 1.94 bits per heavy atom. The van der Waals surface area contributed by atoms with Crippen LogP contribution in [0.5, 0.6) is 5.75 Å². The number of halogens is 3. The van der Waals surface area contributed by atoms with Gasteiger partial charge in [-0.05, 0) is 24.3 Å². The van der Waals surface area contributed by atoms with Gasteiger partial charge in [0.2, 0.25) is 0 Å². The Morgan fingerprint density at radius 3 is 2.61 bits per heavy atom. The Balaban J connectivity index is 2.13. The summed E-state index contributed by atoms with van der Waals surface area (Å²) in [7, 11) is 0. The van der Waals surface area contributed by atoms with Crippen molar-refractivity contribution in [1.29, 1.82) is 0 Å². The molecule has 0 amide bonds. The fourth-order valence-electron chi connectivity index (χ4n) is 1.43. The van der Waals surface area contributed by atoms with Crippen LogP contribution in [0.2, 0.25) is 15.2 Å². The van der Waals surface area contributed by atoms with Crippen LogP contribution in [0.1, 0.15) is 5.56 Å². The van der Waals surface area contributed by atoms with E-state index in [1.807, 2.05) is 0 Å². The van der Waals surface area contributed by atoms with E-state index in [1.165, 1.54) is 6.07 Å². The van der Waals surface area contributed by atoms with Gasteiger partial charge in [-0.3, -0.25) is 0 Å². The molecule has 0 atom stereocenters. The van der Waals surface area contributed by atoms with Gasteiger partial charge in [-0.1, -0.05) is 34.8 Å². The lowest BCUT2D eigenvalue weighted by atomic mass is 10.2. The SMILES string of the molecule is Oc1c(Cl)cc(Cl)cc1CNc1ccc(Cl)nc1. The monoisotopic (exact) mass is 302 g/mol. The largest absolute Gasteiger partial charge is 0.506 e. The quantitative estimate of drug-likeness (QED) is 0.828. The normalized spacial score (nSPS) is 10.4. The number of rotatable bonds is 3. The van der Waals surface area contributed by atoms with Gasteiger partial charge in [-0.2, -0.15) is 0 Å². The Bertz CT molecular complexity index is 558. The van der Waals surface area contributed by atoms with E-state index in [0.29, 0.717) is 22.3 Å². The van der Waals surface area contributed by atoms with E-state index >= 15 is 0 Å². The third-order valence-electron chi connectivity index (χ3n) is 2.32. The second-order valence-electron chi connectivity index (χ2n) is 3.62. The summed E-state index contributed by atoms with van der Waals surface area (Å²) in [6.45, 7) is 0.384. The molecule has 1 aromatic carbocycles. The minimum Gasteiger partial charge on any atom is -0.506 e. The van der Waals surface area contributed by atoms with Crippen LogP contribution in [0, 0.1) is 0 Å². The number of aromatic hydroxyl groups is 1. The maximum atomic E-state index is 9.78. The van der Waals surface area contributed by atoms with Crippen LogP contribution in [0.25, 0.3) is 0 Å². The molecule has 0 spiro atoms. The zero-order valence-electron chi connectivity index (χ0n) is 9.12. The number of hydrogen-bond donors (Lipinski definition) is 2. The third-order valence-corrected chi connectivity index (χ3v) is 3.05. The first-order valence-electron chi connectivity index (χ1n) is 5.08. The van der Waals surface area contributed by atoms with E-state index in [4.69, 9.17) is 34.8 Å². The van der Waals surface area contributed by atoms with Gasteiger partial charge in [0.05, 0.1) is 16.9 Å². The molecule has 2 aromatic rings. The first kappa shape index (κ1) is 13.3. The maximum absolute atomic E-state index is 9.78. The average Bonchev–Trinajstić information content (AvgIpc) is 2.34. The zero-order chi connectivity index (χ0) is 13.1. The van der Waals surface area contributed by atoms with E-state index < -0.39 is 0 Å². The molecule has 0 saturated carbocycles. The summed E-state index contributed by atoms with van der Waals surface area (Å²) in [6.07, 6.45) is 1.60. The molecule has 6 heteroatoms. The van der Waals surface area contributed by atoms with Crippen molar-refractivity contribution in [3.63, 3.8) is 0 Å². The third kappa shape index (κ3) is 3.19. The average molecular weight is 304 g/mol. The molecule has 1 heterocycles. The molecule has 3 nitrogen and oxygen atoms in total. The highest BCUT2D eigenvalue weighted by atomic mass is 35.5. The van der Waals surface area contributed by atoms with Crippen molar-refractivity contribution in [3.8, 4) is 5.75 Å². The summed E-state index contributed by atoms with van der Waals surface area (Å²) in [6, 6.07) is 6.61. The molecular formula is C12H9Cl3N2O. The van der Waals surface area contributed by atoms with Crippen LogP contribution in [0.15, 0.2) is 30.5 Å². The van der Waals surface area contributed by atoms with E-state index in [-0.39, 0.29) is 10.8 Å². The predicted molar refractivity (Wildman–Crippen MR) is 74.7 cm³/mol. The van der Waals surface area contributed by atoms with Gasteiger partial charge < -0.3 is 10.4 Å². The topological polar surface area (TPSA) is 45.1 Å². The number of pyridine rings is 1. The minimum atomic E-state index is 0.0236. The molecule has 1 aromatic heterocycles. The summed E-state index contributed by atoms with van der Waals surface area (Å²) in [5.41, 5.74) is 1.40. The lowest BCUT2D eigenvalue weighted by molar-refractivity contribution is 0.469. The molecule has 0 unspecified atom stereocenters. The van der Waals surface area contributed by atoms with Crippen LogP contribution >= 0.6 is 34.8 Å². The molecule has 0 aliphatic heterocycles. The number of nitrogens with one attached hydrogen (secondary N) is 1. The van der Waals surface area contributed by atoms with Crippen molar-refractivity contribution in [2.75, 3.05) is 5.32 Å². The van der Waals surface area contributed by atoms with Gasteiger partial charge in [0.25, 0.3) is 0 Å². The molecule has 0 radical (unpaired) electrons. The highest BCUT2D eigenvalue weighted by Gasteiger charge is 2.07. The molecule has 0 bridgehead atoms. The van der Waals surface area contributed by atoms with E-state index in [0.717, 1.165) is 5.69 Å². The number of hydrogen-bond acceptors (Lipinski definition) is 3. The Kier molecular flexibility index (Phi) is 4.17. The number of phenols is 1. The molecule has 2 rings (SSSR count). The number of phenolic OH excluding ortho intramolecular Hbond substituents is 1. The molecule has 0 aliphatic carbocycles. The van der Waals surface area contributed by atoms with E-state index in [2.05, 4.69) is 10.3 Å². The summed E-state index contributed by atoms with van der Waals surface area (Å²) in [4.78, 5) is 3.94. The molecule has 94 valence electrons. The van der Waals surface area contributed by atoms with Crippen molar-refractivity contribution in [3.05, 3.63) is 51.2 Å². The molecule has 18 heavy (non-hydrogen) atoms. The highest BCUT2D eigenvalue weighted by molar-refractivity contribution is 6.35. The van der Waals surface area contributed by atoms with Crippen molar-refractivity contribution in [1.82, 2.24) is 4.98 Å². The predicted octanol–water partition coefficient (Wildman–Crippen LogP) is 4.36. The maximum Gasteiger partial charge on any atom is 0.139 e. The van der Waals surface area contributed by atoms with Crippen LogP contribution in [-0.2, 0) is 6.54 Å². The standard InChI is InChI=1S/C12H9Cl3N2O/c13-8-3-7(12(18)10(14)4-8)5-16-9-1-2-11(15)17-6-9/h1-4,6,16,18H,5H2. The van der Waals surface area contributed by atoms with Gasteiger partial charge in [0.1, 0.15) is 10.9 Å². The van der Waals surface area contributed by atoms with Gasteiger partial charge in [-0.15, -0.1) is 0 Å². The fourth-order valence-corrected chi connectivity index (χ4v) is 2.08. The van der Waals surface area contributed by atoms with Gasteiger partial charge >= 0.3 is 0 Å². The Labute approximate surface area is 119 Å². The summed E-state index contributed by atoms with van der Waals surface area (Å²) in [5.74, 6) is 0.0236. The molecule has 0 fully saturated rings. The number of benzene rings is 1. The van der Waals surface area contributed by atoms with E-state index in [1.54, 1.807) is 24.4 Å². The number of anilines is 1. The van der Waals surface area contributed by atoms with Gasteiger partial charge in [0, 0.05) is 17.1 Å². The Morgan fingerprint density at radius 1 is 1.17 bits per heavy atom. The summed E-state index contributed by atoms with van der Waals surface area (Å²) < 4.78 is 0. The van der Waals surface area contributed by atoms with Gasteiger partial charge in [-0.25, -0.2) is 4.98 Å². The lowest BCUT2D eigenvalue weighted by Crippen LogP contribution is -2.00. The van der Waals surface area contributed by atoms with Crippen LogP contribution in [0.3, 0.4) is 0 Å². The first-order valence-corrected chi connectivity index (χ1v) is 6.22. The molecule has 0 aliphatic rings. The van der Waals surface area contributed by atoms with Crippen LogP contribution < -0.4 is 5.32 Å². The van der Waals surface area contributed by atoms with Crippen molar-refractivity contribution < 1.29 is 5.11 Å². The Hall–Kier alpha value is -1.16. The zero-order valence-corrected chi connectivity index (χ0v) is 11.4. The summed E-state index contributed by atoms with van der Waals surface area (Å²) >= 11 is 17.4. The second-order valence-corrected chi connectivity index (χ2v) is 4.85. The number of aromatic nitrogens is 1. The van der Waals surface area contributed by atoms with Crippen LogP contribution in [0.4, 0.5) is 5.69 Å². The van der Waals surface area contributed by atoms with E-state index in [9.17, 15) is 5.11 Å². The lowest BCUT2D eigenvalue weighted by Gasteiger charge is -2.09. The molecular weight excluding hydrogens is 295 g/mol. The van der Waals surface area contributed by atoms with Crippen molar-refractivity contribution >= 4 is 40.5 Å².